The minimum Gasteiger partial charge on any atom is -0.297 e. The quantitative estimate of drug-likeness (QED) is 0.593. The lowest BCUT2D eigenvalue weighted by molar-refractivity contribution is -0.112. The van der Waals surface area contributed by atoms with Crippen LogP contribution in [0.25, 0.3) is 0 Å². The standard InChI is InChI=1S/C10H17NO/c1-3-10(6-5-9(2)12)11-7-4-8-11/h5-6,10H,3-4,7-8H2,1-2H3/b6-5+. The van der Waals surface area contributed by atoms with Gasteiger partial charge in [0.05, 0.1) is 0 Å². The van der Waals surface area contributed by atoms with Crippen LogP contribution in [0.1, 0.15) is 26.7 Å². The molecule has 0 N–H and O–H groups in total. The lowest BCUT2D eigenvalue weighted by Crippen LogP contribution is -2.43. The Hall–Kier alpha value is -0.630. The van der Waals surface area contributed by atoms with E-state index in [9.17, 15) is 4.79 Å². The molecule has 1 unspecified atom stereocenters. The summed E-state index contributed by atoms with van der Waals surface area (Å²) in [5.41, 5.74) is 0. The molecule has 0 amide bonds. The van der Waals surface area contributed by atoms with Crippen molar-refractivity contribution in [3.63, 3.8) is 0 Å². The van der Waals surface area contributed by atoms with Crippen LogP contribution in [-0.2, 0) is 4.79 Å². The first-order chi connectivity index (χ1) is 5.74. The monoisotopic (exact) mass is 167 g/mol. The number of likely N-dealkylation sites (tertiary alicyclic amines) is 1. The second kappa shape index (κ2) is 4.41. The van der Waals surface area contributed by atoms with Gasteiger partial charge in [-0.25, -0.2) is 0 Å². The van der Waals surface area contributed by atoms with E-state index in [4.69, 9.17) is 0 Å². The highest BCUT2D eigenvalue weighted by molar-refractivity contribution is 5.87. The molecule has 2 nitrogen and oxygen atoms in total. The van der Waals surface area contributed by atoms with E-state index in [1.165, 1.54) is 19.5 Å². The summed E-state index contributed by atoms with van der Waals surface area (Å²) in [6.45, 7) is 6.15. The number of carbonyl (C=O) groups is 1. The number of ketones is 1. The maximum atomic E-state index is 10.7. The van der Waals surface area contributed by atoms with Crippen molar-refractivity contribution in [2.24, 2.45) is 0 Å². The fourth-order valence-corrected chi connectivity index (χ4v) is 1.43. The van der Waals surface area contributed by atoms with E-state index in [-0.39, 0.29) is 5.78 Å². The molecule has 1 heterocycles. The van der Waals surface area contributed by atoms with Crippen LogP contribution in [0.3, 0.4) is 0 Å². The predicted molar refractivity (Wildman–Crippen MR) is 50.1 cm³/mol. The van der Waals surface area contributed by atoms with Gasteiger partial charge in [0.25, 0.3) is 0 Å². The average molecular weight is 167 g/mol. The number of allylic oxidation sites excluding steroid dienone is 1. The van der Waals surface area contributed by atoms with Gasteiger partial charge in [0.15, 0.2) is 5.78 Å². The van der Waals surface area contributed by atoms with Crippen molar-refractivity contribution in [2.75, 3.05) is 13.1 Å². The molecule has 0 aromatic heterocycles. The van der Waals surface area contributed by atoms with Crippen molar-refractivity contribution in [3.8, 4) is 0 Å². The Morgan fingerprint density at radius 1 is 1.58 bits per heavy atom. The summed E-state index contributed by atoms with van der Waals surface area (Å²) in [6.07, 6.45) is 6.13. The Kier molecular flexibility index (Phi) is 3.48. The SMILES string of the molecule is CCC(/C=C/C(C)=O)N1CCC1. The van der Waals surface area contributed by atoms with E-state index >= 15 is 0 Å². The van der Waals surface area contributed by atoms with Crippen molar-refractivity contribution in [1.82, 2.24) is 4.90 Å². The van der Waals surface area contributed by atoms with E-state index in [1.807, 2.05) is 6.08 Å². The van der Waals surface area contributed by atoms with Crippen LogP contribution >= 0.6 is 0 Å². The molecule has 0 radical (unpaired) electrons. The van der Waals surface area contributed by atoms with Crippen molar-refractivity contribution in [2.45, 2.75) is 32.7 Å². The second-order valence-electron chi connectivity index (χ2n) is 3.33. The maximum Gasteiger partial charge on any atom is 0.152 e. The average Bonchev–Trinajstić information content (AvgIpc) is 1.93. The molecule has 0 aliphatic carbocycles. The second-order valence-corrected chi connectivity index (χ2v) is 3.33. The Bertz CT molecular complexity index is 182. The predicted octanol–water partition coefficient (Wildman–Crippen LogP) is 1.62. The lowest BCUT2D eigenvalue weighted by atomic mass is 10.1. The zero-order chi connectivity index (χ0) is 8.97. The first kappa shape index (κ1) is 9.46. The molecule has 1 aliphatic rings. The Morgan fingerprint density at radius 2 is 2.25 bits per heavy atom. The molecule has 0 spiro atoms. The number of nitrogens with zero attached hydrogens (tertiary/aromatic N) is 1. The minimum absolute atomic E-state index is 0.147. The van der Waals surface area contributed by atoms with E-state index in [0.717, 1.165) is 6.42 Å². The molecule has 1 saturated heterocycles. The highest BCUT2D eigenvalue weighted by atomic mass is 16.1. The van der Waals surface area contributed by atoms with Crippen molar-refractivity contribution < 1.29 is 4.79 Å². The smallest absolute Gasteiger partial charge is 0.152 e. The zero-order valence-corrected chi connectivity index (χ0v) is 7.92. The molecule has 0 bridgehead atoms. The Balaban J connectivity index is 2.38. The van der Waals surface area contributed by atoms with Crippen LogP contribution in [0.2, 0.25) is 0 Å². The largest absolute Gasteiger partial charge is 0.297 e. The molecule has 1 atom stereocenters. The maximum absolute atomic E-state index is 10.7. The molecule has 1 aliphatic heterocycles. The lowest BCUT2D eigenvalue weighted by Gasteiger charge is -2.36. The summed E-state index contributed by atoms with van der Waals surface area (Å²) in [7, 11) is 0. The summed E-state index contributed by atoms with van der Waals surface area (Å²) < 4.78 is 0. The van der Waals surface area contributed by atoms with Crippen LogP contribution in [0.4, 0.5) is 0 Å². The van der Waals surface area contributed by atoms with E-state index in [0.29, 0.717) is 6.04 Å². The molecule has 12 heavy (non-hydrogen) atoms. The highest BCUT2D eigenvalue weighted by Crippen LogP contribution is 2.14. The van der Waals surface area contributed by atoms with Crippen LogP contribution in [-0.4, -0.2) is 29.8 Å². The van der Waals surface area contributed by atoms with Gasteiger partial charge < -0.3 is 0 Å². The topological polar surface area (TPSA) is 20.3 Å². The fourth-order valence-electron chi connectivity index (χ4n) is 1.43. The molecule has 1 fully saturated rings. The van der Waals surface area contributed by atoms with Crippen LogP contribution in [0, 0.1) is 0 Å². The third-order valence-corrected chi connectivity index (χ3v) is 2.33. The van der Waals surface area contributed by atoms with Gasteiger partial charge >= 0.3 is 0 Å². The minimum atomic E-state index is 0.147. The Morgan fingerprint density at radius 3 is 2.58 bits per heavy atom. The summed E-state index contributed by atoms with van der Waals surface area (Å²) in [6, 6.07) is 0.489. The number of hydrogen-bond donors (Lipinski definition) is 0. The number of hydrogen-bond acceptors (Lipinski definition) is 2. The molecule has 1 rings (SSSR count). The van der Waals surface area contributed by atoms with Gasteiger partial charge in [-0.1, -0.05) is 13.0 Å². The molecule has 68 valence electrons. The molecular formula is C10H17NO. The van der Waals surface area contributed by atoms with E-state index in [2.05, 4.69) is 11.8 Å². The molecule has 0 aromatic carbocycles. The van der Waals surface area contributed by atoms with Gasteiger partial charge in [0.1, 0.15) is 0 Å². The first-order valence-corrected chi connectivity index (χ1v) is 4.67. The molecule has 0 aromatic rings. The van der Waals surface area contributed by atoms with Gasteiger partial charge in [-0.15, -0.1) is 0 Å². The summed E-state index contributed by atoms with van der Waals surface area (Å²) in [5, 5.41) is 0. The number of rotatable bonds is 4. The van der Waals surface area contributed by atoms with Crippen molar-refractivity contribution >= 4 is 5.78 Å². The highest BCUT2D eigenvalue weighted by Gasteiger charge is 2.19. The third kappa shape index (κ3) is 2.45. The van der Waals surface area contributed by atoms with Gasteiger partial charge in [-0.2, -0.15) is 0 Å². The zero-order valence-electron chi connectivity index (χ0n) is 7.92. The summed E-state index contributed by atoms with van der Waals surface area (Å²) in [4.78, 5) is 13.1. The Labute approximate surface area is 74.2 Å². The molecular weight excluding hydrogens is 150 g/mol. The summed E-state index contributed by atoms with van der Waals surface area (Å²) in [5.74, 6) is 0.147. The normalized spacial score (nSPS) is 20.8. The van der Waals surface area contributed by atoms with Gasteiger partial charge in [0, 0.05) is 6.04 Å². The molecule has 2 heteroatoms. The summed E-state index contributed by atoms with van der Waals surface area (Å²) >= 11 is 0. The first-order valence-electron chi connectivity index (χ1n) is 4.67. The third-order valence-electron chi connectivity index (χ3n) is 2.33. The van der Waals surface area contributed by atoms with Gasteiger partial charge in [0.2, 0.25) is 0 Å². The van der Waals surface area contributed by atoms with Crippen LogP contribution in [0.5, 0.6) is 0 Å². The van der Waals surface area contributed by atoms with Crippen LogP contribution in [0.15, 0.2) is 12.2 Å². The fraction of sp³-hybridized carbons (Fsp3) is 0.700. The van der Waals surface area contributed by atoms with Gasteiger partial charge in [-0.3, -0.25) is 9.69 Å². The van der Waals surface area contributed by atoms with Crippen molar-refractivity contribution in [3.05, 3.63) is 12.2 Å². The van der Waals surface area contributed by atoms with E-state index in [1.54, 1.807) is 13.0 Å². The number of carbonyl (C=O) groups excluding carboxylic acids is 1. The van der Waals surface area contributed by atoms with Crippen molar-refractivity contribution in [1.29, 1.82) is 0 Å². The molecule has 0 saturated carbocycles. The van der Waals surface area contributed by atoms with Crippen LogP contribution < -0.4 is 0 Å². The van der Waals surface area contributed by atoms with E-state index < -0.39 is 0 Å². The van der Waals surface area contributed by atoms with Gasteiger partial charge in [-0.05, 0) is 38.9 Å².